The zero-order valence-electron chi connectivity index (χ0n) is 11.3. The van der Waals surface area contributed by atoms with Crippen LogP contribution in [0.5, 0.6) is 0 Å². The van der Waals surface area contributed by atoms with Crippen LogP contribution in [0.25, 0.3) is 0 Å². The molecule has 3 heteroatoms. The lowest BCUT2D eigenvalue weighted by molar-refractivity contribution is 0.608. The van der Waals surface area contributed by atoms with E-state index >= 15 is 0 Å². The number of thiophene rings is 1. The van der Waals surface area contributed by atoms with Crippen molar-refractivity contribution in [1.82, 2.24) is 0 Å². The molecular weight excluding hydrogens is 318 g/mol. The molecule has 100 valence electrons. The maximum atomic E-state index is 3.75. The predicted molar refractivity (Wildman–Crippen MR) is 87.2 cm³/mol. The minimum Gasteiger partial charge on any atom is -0.378 e. The van der Waals surface area contributed by atoms with Crippen molar-refractivity contribution < 1.29 is 0 Å². The third-order valence-electron chi connectivity index (χ3n) is 3.81. The lowest BCUT2D eigenvalue weighted by atomic mass is 9.93. The van der Waals surface area contributed by atoms with E-state index < -0.39 is 0 Å². The summed E-state index contributed by atoms with van der Waals surface area (Å²) in [6, 6.07) is 9.39. The molecule has 0 amide bonds. The van der Waals surface area contributed by atoms with Crippen molar-refractivity contribution in [3.8, 4) is 0 Å². The molecular formula is C16H18BrNS. The first-order chi connectivity index (χ1) is 9.13. The Hall–Kier alpha value is -0.800. The maximum Gasteiger partial charge on any atom is 0.0705 e. The average Bonchev–Trinajstić information content (AvgIpc) is 2.75. The van der Waals surface area contributed by atoms with Crippen molar-refractivity contribution in [2.24, 2.45) is 0 Å². The molecule has 0 saturated heterocycles. The highest BCUT2D eigenvalue weighted by molar-refractivity contribution is 9.11. The number of fused-ring (bicyclic) bond motifs is 1. The van der Waals surface area contributed by atoms with Crippen molar-refractivity contribution in [2.45, 2.75) is 39.2 Å². The fraction of sp³-hybridized carbons (Fsp3) is 0.375. The first kappa shape index (κ1) is 13.2. The number of rotatable bonds is 2. The smallest absolute Gasteiger partial charge is 0.0705 e. The standard InChI is InChI=1S/C16H18BrNS/c1-10-6-7-11(2)14(8-10)18-13-4-3-5-15-12(13)9-16(17)19-15/h6-9,13,18H,3-5H2,1-2H3. The van der Waals surface area contributed by atoms with Crippen LogP contribution in [0.2, 0.25) is 0 Å². The number of hydrogen-bond donors (Lipinski definition) is 1. The normalized spacial score (nSPS) is 18.2. The van der Waals surface area contributed by atoms with Gasteiger partial charge in [-0.05, 0) is 77.9 Å². The molecule has 0 aliphatic heterocycles. The van der Waals surface area contributed by atoms with E-state index in [1.807, 2.05) is 11.3 Å². The molecule has 1 nitrogen and oxygen atoms in total. The van der Waals surface area contributed by atoms with Crippen LogP contribution in [0.3, 0.4) is 0 Å². The summed E-state index contributed by atoms with van der Waals surface area (Å²) in [5.41, 5.74) is 5.41. The largest absolute Gasteiger partial charge is 0.378 e. The van der Waals surface area contributed by atoms with Gasteiger partial charge in [0.15, 0.2) is 0 Å². The molecule has 1 heterocycles. The second-order valence-corrected chi connectivity index (χ2v) is 7.85. The van der Waals surface area contributed by atoms with E-state index in [-0.39, 0.29) is 0 Å². The Bertz CT molecular complexity index is 603. The fourth-order valence-electron chi connectivity index (χ4n) is 2.75. The van der Waals surface area contributed by atoms with Crippen LogP contribution in [0, 0.1) is 13.8 Å². The van der Waals surface area contributed by atoms with Crippen molar-refractivity contribution in [3.63, 3.8) is 0 Å². The topological polar surface area (TPSA) is 12.0 Å². The molecule has 0 radical (unpaired) electrons. The molecule has 0 fully saturated rings. The Morgan fingerprint density at radius 2 is 2.11 bits per heavy atom. The second kappa shape index (κ2) is 5.29. The van der Waals surface area contributed by atoms with Crippen molar-refractivity contribution in [2.75, 3.05) is 5.32 Å². The number of hydrogen-bond acceptors (Lipinski definition) is 2. The van der Waals surface area contributed by atoms with Gasteiger partial charge in [0, 0.05) is 10.6 Å². The van der Waals surface area contributed by atoms with Crippen molar-refractivity contribution in [3.05, 3.63) is 49.6 Å². The molecule has 1 aliphatic rings. The molecule has 1 unspecified atom stereocenters. The van der Waals surface area contributed by atoms with Gasteiger partial charge in [-0.3, -0.25) is 0 Å². The Kier molecular flexibility index (Phi) is 3.68. The molecule has 2 aromatic rings. The van der Waals surface area contributed by atoms with Crippen LogP contribution in [0.4, 0.5) is 5.69 Å². The molecule has 19 heavy (non-hydrogen) atoms. The Morgan fingerprint density at radius 1 is 1.26 bits per heavy atom. The van der Waals surface area contributed by atoms with Crippen LogP contribution in [-0.4, -0.2) is 0 Å². The van der Waals surface area contributed by atoms with Crippen LogP contribution in [-0.2, 0) is 6.42 Å². The number of anilines is 1. The van der Waals surface area contributed by atoms with E-state index in [2.05, 4.69) is 59.4 Å². The summed E-state index contributed by atoms with van der Waals surface area (Å²) >= 11 is 5.51. The van der Waals surface area contributed by atoms with Gasteiger partial charge in [0.1, 0.15) is 0 Å². The number of halogens is 1. The third-order valence-corrected chi connectivity index (χ3v) is 5.52. The molecule has 1 N–H and O–H groups in total. The van der Waals surface area contributed by atoms with Gasteiger partial charge in [-0.1, -0.05) is 12.1 Å². The predicted octanol–water partition coefficient (Wildman–Crippen LogP) is 5.62. The highest BCUT2D eigenvalue weighted by atomic mass is 79.9. The quantitative estimate of drug-likeness (QED) is 0.751. The van der Waals surface area contributed by atoms with E-state index in [0.29, 0.717) is 6.04 Å². The summed E-state index contributed by atoms with van der Waals surface area (Å²) in [4.78, 5) is 1.54. The molecule has 0 saturated carbocycles. The molecule has 1 atom stereocenters. The zero-order valence-corrected chi connectivity index (χ0v) is 13.7. The van der Waals surface area contributed by atoms with Crippen LogP contribution in [0.15, 0.2) is 28.1 Å². The number of nitrogens with one attached hydrogen (secondary N) is 1. The molecule has 1 aromatic carbocycles. The molecule has 3 rings (SSSR count). The van der Waals surface area contributed by atoms with E-state index in [4.69, 9.17) is 0 Å². The average molecular weight is 336 g/mol. The maximum absolute atomic E-state index is 3.75. The van der Waals surface area contributed by atoms with Gasteiger partial charge in [0.25, 0.3) is 0 Å². The van der Waals surface area contributed by atoms with E-state index in [9.17, 15) is 0 Å². The summed E-state index contributed by atoms with van der Waals surface area (Å²) in [5, 5.41) is 3.75. The summed E-state index contributed by atoms with van der Waals surface area (Å²) < 4.78 is 1.26. The second-order valence-electron chi connectivity index (χ2n) is 5.34. The van der Waals surface area contributed by atoms with E-state index in [1.165, 1.54) is 45.4 Å². The van der Waals surface area contributed by atoms with E-state index in [0.717, 1.165) is 0 Å². The third kappa shape index (κ3) is 2.72. The summed E-state index contributed by atoms with van der Waals surface area (Å²) in [5.74, 6) is 0. The highest BCUT2D eigenvalue weighted by Gasteiger charge is 2.22. The summed E-state index contributed by atoms with van der Waals surface area (Å²) in [6.07, 6.45) is 3.74. The first-order valence-corrected chi connectivity index (χ1v) is 8.36. The summed E-state index contributed by atoms with van der Waals surface area (Å²) in [7, 11) is 0. The number of aryl methyl sites for hydroxylation is 3. The molecule has 0 spiro atoms. The van der Waals surface area contributed by atoms with Gasteiger partial charge in [0.2, 0.25) is 0 Å². The van der Waals surface area contributed by atoms with Gasteiger partial charge in [-0.2, -0.15) is 0 Å². The molecule has 0 bridgehead atoms. The minimum atomic E-state index is 0.465. The van der Waals surface area contributed by atoms with Crippen LogP contribution >= 0.6 is 27.3 Å². The SMILES string of the molecule is Cc1ccc(C)c(NC2CCCc3sc(Br)cc32)c1. The Balaban J connectivity index is 1.90. The van der Waals surface area contributed by atoms with Gasteiger partial charge >= 0.3 is 0 Å². The fourth-order valence-corrected chi connectivity index (χ4v) is 4.57. The lowest BCUT2D eigenvalue weighted by Crippen LogP contribution is -2.16. The van der Waals surface area contributed by atoms with Gasteiger partial charge in [-0.15, -0.1) is 11.3 Å². The Morgan fingerprint density at radius 3 is 2.95 bits per heavy atom. The number of benzene rings is 1. The highest BCUT2D eigenvalue weighted by Crippen LogP contribution is 2.39. The minimum absolute atomic E-state index is 0.465. The van der Waals surface area contributed by atoms with Crippen LogP contribution in [0.1, 0.15) is 40.5 Å². The lowest BCUT2D eigenvalue weighted by Gasteiger charge is -2.25. The van der Waals surface area contributed by atoms with E-state index in [1.54, 1.807) is 4.88 Å². The van der Waals surface area contributed by atoms with Crippen LogP contribution < -0.4 is 5.32 Å². The van der Waals surface area contributed by atoms with Crippen molar-refractivity contribution in [1.29, 1.82) is 0 Å². The zero-order chi connectivity index (χ0) is 13.4. The monoisotopic (exact) mass is 335 g/mol. The van der Waals surface area contributed by atoms with Gasteiger partial charge in [-0.25, -0.2) is 0 Å². The first-order valence-electron chi connectivity index (χ1n) is 6.75. The molecule has 1 aliphatic carbocycles. The Labute approximate surface area is 127 Å². The van der Waals surface area contributed by atoms with Gasteiger partial charge in [0.05, 0.1) is 9.83 Å². The molecule has 1 aromatic heterocycles. The van der Waals surface area contributed by atoms with Crippen molar-refractivity contribution >= 4 is 33.0 Å². The summed E-state index contributed by atoms with van der Waals surface area (Å²) in [6.45, 7) is 4.33. The van der Waals surface area contributed by atoms with Gasteiger partial charge < -0.3 is 5.32 Å².